The normalized spacial score (nSPS) is 12.1. The summed E-state index contributed by atoms with van der Waals surface area (Å²) in [5.41, 5.74) is 6.29. The van der Waals surface area contributed by atoms with Crippen molar-refractivity contribution in [1.82, 2.24) is 15.1 Å². The summed E-state index contributed by atoms with van der Waals surface area (Å²) in [7, 11) is 1.72. The van der Waals surface area contributed by atoms with Crippen LogP contribution in [0, 0.1) is 0 Å². The van der Waals surface area contributed by atoms with Crippen LogP contribution in [0.4, 0.5) is 5.69 Å². The molecule has 3 N–H and O–H groups in total. The van der Waals surface area contributed by atoms with Gasteiger partial charge in [0.05, 0.1) is 5.69 Å². The second kappa shape index (κ2) is 4.63. The van der Waals surface area contributed by atoms with Gasteiger partial charge in [0.15, 0.2) is 5.69 Å². The fourth-order valence-corrected chi connectivity index (χ4v) is 1.28. The third kappa shape index (κ3) is 2.83. The van der Waals surface area contributed by atoms with Crippen molar-refractivity contribution >= 4 is 11.6 Å². The van der Waals surface area contributed by atoms with Crippen LogP contribution in [0.15, 0.2) is 18.9 Å². The number of rotatable bonds is 4. The third-order valence-corrected chi connectivity index (χ3v) is 1.97. The Bertz CT molecular complexity index is 369. The van der Waals surface area contributed by atoms with Crippen LogP contribution in [-0.4, -0.2) is 21.7 Å². The maximum Gasteiger partial charge on any atom is 0.274 e. The molecular formula is C10H16N4O. The summed E-state index contributed by atoms with van der Waals surface area (Å²) in [4.78, 5) is 11.7. The second-order valence-electron chi connectivity index (χ2n) is 3.51. The number of anilines is 1. The number of amides is 1. The molecule has 1 unspecified atom stereocenters. The van der Waals surface area contributed by atoms with Gasteiger partial charge in [0.25, 0.3) is 5.91 Å². The molecule has 0 saturated carbocycles. The molecule has 82 valence electrons. The van der Waals surface area contributed by atoms with Gasteiger partial charge in [0.1, 0.15) is 0 Å². The number of nitrogens with one attached hydrogen (secondary N) is 1. The van der Waals surface area contributed by atoms with Gasteiger partial charge in [-0.25, -0.2) is 0 Å². The quantitative estimate of drug-likeness (QED) is 0.715. The highest BCUT2D eigenvalue weighted by Gasteiger charge is 2.15. The van der Waals surface area contributed by atoms with E-state index < -0.39 is 0 Å². The zero-order valence-corrected chi connectivity index (χ0v) is 9.03. The van der Waals surface area contributed by atoms with Gasteiger partial charge in [-0.3, -0.25) is 9.48 Å². The number of hydrogen-bond acceptors (Lipinski definition) is 3. The van der Waals surface area contributed by atoms with Crippen LogP contribution in [-0.2, 0) is 7.05 Å². The summed E-state index contributed by atoms with van der Waals surface area (Å²) in [5, 5.41) is 6.76. The van der Waals surface area contributed by atoms with Crippen LogP contribution in [0.1, 0.15) is 23.8 Å². The fraction of sp³-hybridized carbons (Fsp3) is 0.400. The van der Waals surface area contributed by atoms with Crippen molar-refractivity contribution in [3.8, 4) is 0 Å². The summed E-state index contributed by atoms with van der Waals surface area (Å²) < 4.78 is 1.52. The summed E-state index contributed by atoms with van der Waals surface area (Å²) >= 11 is 0. The number of nitrogens with zero attached hydrogens (tertiary/aromatic N) is 2. The molecule has 0 fully saturated rings. The fourth-order valence-electron chi connectivity index (χ4n) is 1.28. The Kier molecular flexibility index (Phi) is 3.49. The summed E-state index contributed by atoms with van der Waals surface area (Å²) in [5.74, 6) is -0.248. The molecule has 0 spiro atoms. The minimum Gasteiger partial charge on any atom is -0.396 e. The maximum atomic E-state index is 11.7. The number of carbonyl (C=O) groups is 1. The Hall–Kier alpha value is -1.78. The van der Waals surface area contributed by atoms with E-state index >= 15 is 0 Å². The van der Waals surface area contributed by atoms with Gasteiger partial charge < -0.3 is 11.1 Å². The SMILES string of the molecule is C=CCC(C)NC(=O)c1nn(C)cc1N. The summed E-state index contributed by atoms with van der Waals surface area (Å²) in [6, 6.07) is 0.0383. The molecule has 0 bridgehead atoms. The van der Waals surface area contributed by atoms with E-state index in [1.54, 1.807) is 19.3 Å². The highest BCUT2D eigenvalue weighted by atomic mass is 16.2. The number of hydrogen-bond donors (Lipinski definition) is 2. The molecule has 1 aromatic heterocycles. The van der Waals surface area contributed by atoms with Crippen LogP contribution >= 0.6 is 0 Å². The Morgan fingerprint density at radius 3 is 3.00 bits per heavy atom. The van der Waals surface area contributed by atoms with E-state index in [0.717, 1.165) is 6.42 Å². The molecule has 15 heavy (non-hydrogen) atoms. The van der Waals surface area contributed by atoms with Crippen molar-refractivity contribution in [3.63, 3.8) is 0 Å². The van der Waals surface area contributed by atoms with Crippen molar-refractivity contribution in [2.75, 3.05) is 5.73 Å². The molecule has 0 aromatic carbocycles. The molecule has 0 saturated heterocycles. The standard InChI is InChI=1S/C10H16N4O/c1-4-5-7(2)12-10(15)9-8(11)6-14(3)13-9/h4,6-7H,1,5,11H2,2-3H3,(H,12,15). The number of aromatic nitrogens is 2. The lowest BCUT2D eigenvalue weighted by molar-refractivity contribution is 0.0935. The monoisotopic (exact) mass is 208 g/mol. The highest BCUT2D eigenvalue weighted by molar-refractivity contribution is 5.97. The van der Waals surface area contributed by atoms with E-state index in [4.69, 9.17) is 5.73 Å². The Labute approximate surface area is 89.0 Å². The lowest BCUT2D eigenvalue weighted by Gasteiger charge is -2.10. The lowest BCUT2D eigenvalue weighted by Crippen LogP contribution is -2.32. The van der Waals surface area contributed by atoms with Gasteiger partial charge in [-0.05, 0) is 13.3 Å². The number of nitrogens with two attached hydrogens (primary N) is 1. The van der Waals surface area contributed by atoms with Crippen LogP contribution in [0.5, 0.6) is 0 Å². The Morgan fingerprint density at radius 2 is 2.53 bits per heavy atom. The second-order valence-corrected chi connectivity index (χ2v) is 3.51. The van der Waals surface area contributed by atoms with E-state index in [1.807, 2.05) is 6.92 Å². The largest absolute Gasteiger partial charge is 0.396 e. The number of aryl methyl sites for hydroxylation is 1. The predicted octanol–water partition coefficient (Wildman–Crippen LogP) is 0.697. The Morgan fingerprint density at radius 1 is 1.87 bits per heavy atom. The van der Waals surface area contributed by atoms with Crippen LogP contribution in [0.3, 0.4) is 0 Å². The summed E-state index contributed by atoms with van der Waals surface area (Å²) in [6.45, 7) is 5.51. The molecule has 1 atom stereocenters. The smallest absolute Gasteiger partial charge is 0.274 e. The molecule has 5 heteroatoms. The van der Waals surface area contributed by atoms with Gasteiger partial charge in [-0.1, -0.05) is 6.08 Å². The van der Waals surface area contributed by atoms with Crippen molar-refractivity contribution in [1.29, 1.82) is 0 Å². The first-order valence-corrected chi connectivity index (χ1v) is 4.75. The minimum atomic E-state index is -0.248. The zero-order valence-electron chi connectivity index (χ0n) is 9.03. The number of carbonyl (C=O) groups excluding carboxylic acids is 1. The van der Waals surface area contributed by atoms with Crippen molar-refractivity contribution in [2.24, 2.45) is 7.05 Å². The lowest BCUT2D eigenvalue weighted by atomic mass is 10.2. The van der Waals surface area contributed by atoms with E-state index in [0.29, 0.717) is 5.69 Å². The Balaban J connectivity index is 2.68. The first kappa shape index (κ1) is 11.3. The van der Waals surface area contributed by atoms with Gasteiger partial charge in [0.2, 0.25) is 0 Å². The summed E-state index contributed by atoms with van der Waals surface area (Å²) in [6.07, 6.45) is 4.08. The predicted molar refractivity (Wildman–Crippen MR) is 59.4 cm³/mol. The van der Waals surface area contributed by atoms with Crippen LogP contribution in [0.2, 0.25) is 0 Å². The van der Waals surface area contributed by atoms with Gasteiger partial charge in [-0.15, -0.1) is 6.58 Å². The van der Waals surface area contributed by atoms with Gasteiger partial charge >= 0.3 is 0 Å². The molecule has 1 aromatic rings. The molecule has 0 radical (unpaired) electrons. The number of nitrogen functional groups attached to an aromatic ring is 1. The molecule has 1 amide bonds. The minimum absolute atomic E-state index is 0.0383. The van der Waals surface area contributed by atoms with Crippen molar-refractivity contribution in [2.45, 2.75) is 19.4 Å². The molecule has 0 aliphatic heterocycles. The first-order valence-electron chi connectivity index (χ1n) is 4.75. The van der Waals surface area contributed by atoms with Crippen molar-refractivity contribution < 1.29 is 4.79 Å². The van der Waals surface area contributed by atoms with Gasteiger partial charge in [-0.2, -0.15) is 5.10 Å². The van der Waals surface area contributed by atoms with Gasteiger partial charge in [0, 0.05) is 19.3 Å². The average molecular weight is 208 g/mol. The molecule has 1 rings (SSSR count). The van der Waals surface area contributed by atoms with E-state index in [1.165, 1.54) is 4.68 Å². The molecule has 5 nitrogen and oxygen atoms in total. The third-order valence-electron chi connectivity index (χ3n) is 1.97. The van der Waals surface area contributed by atoms with Crippen LogP contribution in [0.25, 0.3) is 0 Å². The van der Waals surface area contributed by atoms with Crippen molar-refractivity contribution in [3.05, 3.63) is 24.5 Å². The molecular weight excluding hydrogens is 192 g/mol. The zero-order chi connectivity index (χ0) is 11.4. The van der Waals surface area contributed by atoms with E-state index in [-0.39, 0.29) is 17.6 Å². The van der Waals surface area contributed by atoms with E-state index in [9.17, 15) is 4.79 Å². The highest BCUT2D eigenvalue weighted by Crippen LogP contribution is 2.08. The van der Waals surface area contributed by atoms with E-state index in [2.05, 4.69) is 17.0 Å². The molecule has 1 heterocycles. The maximum absolute atomic E-state index is 11.7. The van der Waals surface area contributed by atoms with Crippen LogP contribution < -0.4 is 11.1 Å². The molecule has 0 aliphatic rings. The molecule has 0 aliphatic carbocycles. The topological polar surface area (TPSA) is 72.9 Å². The first-order chi connectivity index (χ1) is 7.04. The average Bonchev–Trinajstić information content (AvgIpc) is 2.45.